The molecule has 2 amide bonds. The van der Waals surface area contributed by atoms with Crippen LogP contribution in [-0.4, -0.2) is 35.1 Å². The Morgan fingerprint density at radius 3 is 2.45 bits per heavy atom. The number of rotatable bonds is 1. The van der Waals surface area contributed by atoms with Crippen molar-refractivity contribution in [1.82, 2.24) is 4.90 Å². The Labute approximate surface area is 63.8 Å². The van der Waals surface area contributed by atoms with E-state index < -0.39 is 12.0 Å². The highest BCUT2D eigenvalue weighted by Crippen LogP contribution is 2.14. The van der Waals surface area contributed by atoms with Crippen molar-refractivity contribution in [2.24, 2.45) is 11.7 Å². The van der Waals surface area contributed by atoms with Gasteiger partial charge in [0.25, 0.3) is 0 Å². The van der Waals surface area contributed by atoms with E-state index in [1.807, 2.05) is 0 Å². The number of likely N-dealkylation sites (tertiary alicyclic amines) is 1. The maximum atomic E-state index is 10.6. The molecule has 0 saturated carbocycles. The molecule has 3 N–H and O–H groups in total. The molecule has 0 bridgehead atoms. The molecule has 5 heteroatoms. The first-order valence-electron chi connectivity index (χ1n) is 3.38. The van der Waals surface area contributed by atoms with Crippen molar-refractivity contribution in [3.63, 3.8) is 0 Å². The second-order valence-corrected chi connectivity index (χ2v) is 2.62. The number of nitrogens with two attached hydrogens (primary N) is 1. The van der Waals surface area contributed by atoms with Crippen molar-refractivity contribution in [2.75, 3.05) is 13.1 Å². The first-order valence-corrected chi connectivity index (χ1v) is 3.38. The fourth-order valence-electron chi connectivity index (χ4n) is 1.17. The highest BCUT2D eigenvalue weighted by molar-refractivity contribution is 5.78. The van der Waals surface area contributed by atoms with Gasteiger partial charge in [0.15, 0.2) is 0 Å². The molecule has 1 fully saturated rings. The summed E-state index contributed by atoms with van der Waals surface area (Å²) in [4.78, 5) is 22.1. The van der Waals surface area contributed by atoms with E-state index in [2.05, 4.69) is 0 Å². The maximum absolute atomic E-state index is 10.6. The first kappa shape index (κ1) is 7.84. The van der Waals surface area contributed by atoms with Crippen LogP contribution in [0.15, 0.2) is 0 Å². The fraction of sp³-hybridized carbons (Fsp3) is 0.667. The number of carbonyl (C=O) groups is 2. The Hall–Kier alpha value is -1.26. The monoisotopic (exact) mass is 158 g/mol. The summed E-state index contributed by atoms with van der Waals surface area (Å²) in [5.74, 6) is -0.695. The van der Waals surface area contributed by atoms with E-state index in [9.17, 15) is 9.59 Å². The highest BCUT2D eigenvalue weighted by atomic mass is 16.4. The van der Waals surface area contributed by atoms with Gasteiger partial charge < -0.3 is 15.7 Å². The highest BCUT2D eigenvalue weighted by Gasteiger charge is 2.29. The standard InChI is InChI=1S/C6H10N2O3/c7-5(9)4-1-2-8(3-4)6(10)11/h4H,1-3H2,(H2,7,9)(H,10,11). The molecule has 0 spiro atoms. The lowest BCUT2D eigenvalue weighted by atomic mass is 10.1. The van der Waals surface area contributed by atoms with E-state index in [1.165, 1.54) is 4.90 Å². The Morgan fingerprint density at radius 1 is 1.55 bits per heavy atom. The number of carbonyl (C=O) groups excluding carboxylic acids is 1. The van der Waals surface area contributed by atoms with Crippen molar-refractivity contribution >= 4 is 12.0 Å². The lowest BCUT2D eigenvalue weighted by Crippen LogP contribution is -2.30. The quantitative estimate of drug-likeness (QED) is 0.538. The number of amides is 2. The predicted octanol–water partition coefficient (Wildman–Crippen LogP) is -0.528. The van der Waals surface area contributed by atoms with Gasteiger partial charge >= 0.3 is 6.09 Å². The summed E-state index contributed by atoms with van der Waals surface area (Å²) in [7, 11) is 0. The third-order valence-electron chi connectivity index (χ3n) is 1.86. The Bertz CT molecular complexity index is 172. The van der Waals surface area contributed by atoms with Crippen LogP contribution in [0.1, 0.15) is 6.42 Å². The molecule has 1 aliphatic rings. The summed E-state index contributed by atoms with van der Waals surface area (Å²) >= 11 is 0. The zero-order chi connectivity index (χ0) is 8.43. The van der Waals surface area contributed by atoms with Crippen LogP contribution in [0.2, 0.25) is 0 Å². The van der Waals surface area contributed by atoms with E-state index in [4.69, 9.17) is 10.8 Å². The molecule has 1 saturated heterocycles. The third kappa shape index (κ3) is 1.60. The van der Waals surface area contributed by atoms with Crippen molar-refractivity contribution in [3.05, 3.63) is 0 Å². The van der Waals surface area contributed by atoms with Crippen molar-refractivity contribution in [3.8, 4) is 0 Å². The van der Waals surface area contributed by atoms with Gasteiger partial charge in [-0.3, -0.25) is 4.79 Å². The molecule has 0 aromatic rings. The molecule has 5 nitrogen and oxygen atoms in total. The van der Waals surface area contributed by atoms with Gasteiger partial charge in [0, 0.05) is 13.1 Å². The number of hydrogen-bond donors (Lipinski definition) is 2. The van der Waals surface area contributed by atoms with E-state index in [-0.39, 0.29) is 12.5 Å². The summed E-state index contributed by atoms with van der Waals surface area (Å²) in [6.45, 7) is 0.674. The summed E-state index contributed by atoms with van der Waals surface area (Å²) < 4.78 is 0. The minimum atomic E-state index is -0.978. The van der Waals surface area contributed by atoms with E-state index in [1.54, 1.807) is 0 Å². The lowest BCUT2D eigenvalue weighted by molar-refractivity contribution is -0.121. The molecular formula is C6H10N2O3. The van der Waals surface area contributed by atoms with E-state index in [0.717, 1.165) is 0 Å². The smallest absolute Gasteiger partial charge is 0.407 e. The van der Waals surface area contributed by atoms with Gasteiger partial charge in [-0.05, 0) is 6.42 Å². The third-order valence-corrected chi connectivity index (χ3v) is 1.86. The molecule has 1 unspecified atom stereocenters. The van der Waals surface area contributed by atoms with Gasteiger partial charge in [-0.15, -0.1) is 0 Å². The minimum absolute atomic E-state index is 0.255. The van der Waals surface area contributed by atoms with Crippen molar-refractivity contribution in [2.45, 2.75) is 6.42 Å². The summed E-state index contributed by atoms with van der Waals surface area (Å²) in [5.41, 5.74) is 5.00. The zero-order valence-corrected chi connectivity index (χ0v) is 5.99. The predicted molar refractivity (Wildman–Crippen MR) is 36.9 cm³/mol. The van der Waals surface area contributed by atoms with Crippen LogP contribution < -0.4 is 5.73 Å². The molecule has 0 aromatic heterocycles. The van der Waals surface area contributed by atoms with Gasteiger partial charge in [-0.1, -0.05) is 0 Å². The molecule has 0 aliphatic carbocycles. The van der Waals surface area contributed by atoms with E-state index in [0.29, 0.717) is 13.0 Å². The van der Waals surface area contributed by atoms with Gasteiger partial charge in [0.2, 0.25) is 5.91 Å². The van der Waals surface area contributed by atoms with Gasteiger partial charge in [-0.25, -0.2) is 4.79 Å². The largest absolute Gasteiger partial charge is 0.465 e. The SMILES string of the molecule is NC(=O)C1CCN(C(=O)O)C1. The number of carboxylic acid groups (broad SMARTS) is 1. The molecule has 0 radical (unpaired) electrons. The van der Waals surface area contributed by atoms with Crippen LogP contribution >= 0.6 is 0 Å². The Kier molecular flexibility index (Phi) is 1.98. The lowest BCUT2D eigenvalue weighted by Gasteiger charge is -2.09. The average molecular weight is 158 g/mol. The zero-order valence-electron chi connectivity index (χ0n) is 5.99. The Balaban J connectivity index is 2.47. The molecule has 1 heterocycles. The maximum Gasteiger partial charge on any atom is 0.407 e. The molecule has 1 atom stereocenters. The van der Waals surface area contributed by atoms with Crippen molar-refractivity contribution in [1.29, 1.82) is 0 Å². The average Bonchev–Trinajstić information content (AvgIpc) is 2.33. The Morgan fingerprint density at radius 2 is 2.18 bits per heavy atom. The fourth-order valence-corrected chi connectivity index (χ4v) is 1.17. The summed E-state index contributed by atoms with van der Waals surface area (Å²) in [6.07, 6.45) is -0.421. The van der Waals surface area contributed by atoms with Crippen LogP contribution in [0.5, 0.6) is 0 Å². The molecule has 1 aliphatic heterocycles. The first-order chi connectivity index (χ1) is 5.11. The van der Waals surface area contributed by atoms with E-state index >= 15 is 0 Å². The molecule has 62 valence electrons. The number of hydrogen-bond acceptors (Lipinski definition) is 2. The van der Waals surface area contributed by atoms with Gasteiger partial charge in [0.1, 0.15) is 0 Å². The van der Waals surface area contributed by atoms with Gasteiger partial charge in [-0.2, -0.15) is 0 Å². The second kappa shape index (κ2) is 2.77. The van der Waals surface area contributed by atoms with Crippen LogP contribution in [0.4, 0.5) is 4.79 Å². The molecule has 0 aromatic carbocycles. The number of nitrogens with zero attached hydrogens (tertiary/aromatic N) is 1. The van der Waals surface area contributed by atoms with Crippen LogP contribution in [-0.2, 0) is 4.79 Å². The van der Waals surface area contributed by atoms with Gasteiger partial charge in [0.05, 0.1) is 5.92 Å². The van der Waals surface area contributed by atoms with Crippen molar-refractivity contribution < 1.29 is 14.7 Å². The molecule has 1 rings (SSSR count). The number of primary amides is 1. The summed E-state index contributed by atoms with van der Waals surface area (Å²) in [6, 6.07) is 0. The molecule has 11 heavy (non-hydrogen) atoms. The van der Waals surface area contributed by atoms with Crippen LogP contribution in [0.25, 0.3) is 0 Å². The molecular weight excluding hydrogens is 148 g/mol. The normalized spacial score (nSPS) is 23.6. The minimum Gasteiger partial charge on any atom is -0.465 e. The summed E-state index contributed by atoms with van der Waals surface area (Å²) in [5, 5.41) is 8.49. The second-order valence-electron chi connectivity index (χ2n) is 2.62. The van der Waals surface area contributed by atoms with Crippen LogP contribution in [0, 0.1) is 5.92 Å². The topological polar surface area (TPSA) is 83.6 Å². The van der Waals surface area contributed by atoms with Crippen LogP contribution in [0.3, 0.4) is 0 Å².